The second-order valence-electron chi connectivity index (χ2n) is 7.60. The highest BCUT2D eigenvalue weighted by Crippen LogP contribution is 2.39. The van der Waals surface area contributed by atoms with Crippen LogP contribution in [0.1, 0.15) is 17.8 Å². The number of rotatable bonds is 2. The smallest absolute Gasteiger partial charge is 0.354 e. The monoisotopic (exact) mass is 400 g/mol. The summed E-state index contributed by atoms with van der Waals surface area (Å²) in [6.07, 6.45) is 1.29. The number of aryl methyl sites for hydroxylation is 1. The number of anilines is 2. The molecule has 5 rings (SSSR count). The predicted octanol–water partition coefficient (Wildman–Crippen LogP) is 3.46. The van der Waals surface area contributed by atoms with E-state index in [0.29, 0.717) is 30.6 Å². The summed E-state index contributed by atoms with van der Waals surface area (Å²) in [5.41, 5.74) is 0.134. The van der Waals surface area contributed by atoms with E-state index in [0.717, 1.165) is 41.8 Å². The number of hydrogen-bond donors (Lipinski definition) is 0. The number of halogens is 3. The van der Waals surface area contributed by atoms with Gasteiger partial charge >= 0.3 is 6.18 Å². The molecule has 6 nitrogen and oxygen atoms in total. The molecule has 3 aromatic heterocycles. The van der Waals surface area contributed by atoms with Crippen LogP contribution in [0.5, 0.6) is 0 Å². The number of fused-ring (bicyclic) bond motifs is 2. The predicted molar refractivity (Wildman–Crippen MR) is 103 cm³/mol. The van der Waals surface area contributed by atoms with Gasteiger partial charge in [0.1, 0.15) is 17.5 Å². The van der Waals surface area contributed by atoms with E-state index in [2.05, 4.69) is 19.9 Å². The van der Waals surface area contributed by atoms with Crippen molar-refractivity contribution < 1.29 is 13.2 Å². The molecule has 2 saturated heterocycles. The number of aromatic nitrogens is 4. The number of hydrogen-bond acceptors (Lipinski definition) is 6. The van der Waals surface area contributed by atoms with Crippen molar-refractivity contribution >= 4 is 22.5 Å². The standard InChI is InChI=1S/C20H19F3N6/c1-12-26-16-9-24-5-3-15(16)19(27-12)29-7-4-13-10-28(11-17(13)29)18-8-14(2-6-25-18)20(21,22)23/h2-3,5-6,8-9,13,17H,4,7,10-11H2,1H3. The summed E-state index contributed by atoms with van der Waals surface area (Å²) in [4.78, 5) is 21.7. The van der Waals surface area contributed by atoms with Gasteiger partial charge in [-0.15, -0.1) is 0 Å². The van der Waals surface area contributed by atoms with Crippen LogP contribution in [0.4, 0.5) is 24.8 Å². The molecule has 0 bridgehead atoms. The van der Waals surface area contributed by atoms with Crippen LogP contribution in [-0.2, 0) is 6.18 Å². The van der Waals surface area contributed by atoms with Gasteiger partial charge in [0.05, 0.1) is 23.3 Å². The fourth-order valence-corrected chi connectivity index (χ4v) is 4.48. The first-order chi connectivity index (χ1) is 13.9. The maximum absolute atomic E-state index is 13.1. The fourth-order valence-electron chi connectivity index (χ4n) is 4.48. The Morgan fingerprint density at radius 2 is 1.97 bits per heavy atom. The summed E-state index contributed by atoms with van der Waals surface area (Å²) in [6.45, 7) is 4.04. The summed E-state index contributed by atoms with van der Waals surface area (Å²) >= 11 is 0. The summed E-state index contributed by atoms with van der Waals surface area (Å²) < 4.78 is 39.2. The molecular weight excluding hydrogens is 381 g/mol. The lowest BCUT2D eigenvalue weighted by atomic mass is 10.1. The quantitative estimate of drug-likeness (QED) is 0.657. The Labute approximate surface area is 165 Å². The average molecular weight is 400 g/mol. The molecule has 2 unspecified atom stereocenters. The average Bonchev–Trinajstić information content (AvgIpc) is 3.27. The van der Waals surface area contributed by atoms with Crippen LogP contribution in [-0.4, -0.2) is 45.6 Å². The van der Waals surface area contributed by atoms with Gasteiger partial charge in [-0.05, 0) is 31.5 Å². The highest BCUT2D eigenvalue weighted by molar-refractivity contribution is 5.89. The van der Waals surface area contributed by atoms with Crippen LogP contribution in [0.2, 0.25) is 0 Å². The molecule has 0 aromatic carbocycles. The molecule has 0 N–H and O–H groups in total. The molecule has 0 amide bonds. The Hall–Kier alpha value is -2.97. The molecule has 5 heterocycles. The van der Waals surface area contributed by atoms with Crippen molar-refractivity contribution in [2.45, 2.75) is 25.6 Å². The largest absolute Gasteiger partial charge is 0.416 e. The van der Waals surface area contributed by atoms with Crippen LogP contribution in [0.3, 0.4) is 0 Å². The van der Waals surface area contributed by atoms with Crippen LogP contribution in [0, 0.1) is 12.8 Å². The molecule has 0 saturated carbocycles. The highest BCUT2D eigenvalue weighted by atomic mass is 19.4. The van der Waals surface area contributed by atoms with E-state index in [1.165, 1.54) is 6.20 Å². The molecular formula is C20H19F3N6. The van der Waals surface area contributed by atoms with Crippen molar-refractivity contribution in [1.82, 2.24) is 19.9 Å². The lowest BCUT2D eigenvalue weighted by Crippen LogP contribution is -2.36. The Morgan fingerprint density at radius 1 is 1.10 bits per heavy atom. The number of pyridine rings is 2. The van der Waals surface area contributed by atoms with E-state index in [1.54, 1.807) is 12.4 Å². The molecule has 2 fully saturated rings. The molecule has 29 heavy (non-hydrogen) atoms. The zero-order chi connectivity index (χ0) is 20.2. The Morgan fingerprint density at radius 3 is 2.79 bits per heavy atom. The van der Waals surface area contributed by atoms with Gasteiger partial charge in [-0.2, -0.15) is 13.2 Å². The maximum Gasteiger partial charge on any atom is 0.416 e. The molecule has 3 aromatic rings. The van der Waals surface area contributed by atoms with Crippen molar-refractivity contribution in [1.29, 1.82) is 0 Å². The molecule has 2 atom stereocenters. The second-order valence-corrected chi connectivity index (χ2v) is 7.60. The van der Waals surface area contributed by atoms with Crippen molar-refractivity contribution in [3.8, 4) is 0 Å². The minimum Gasteiger partial charge on any atom is -0.354 e. The van der Waals surface area contributed by atoms with Crippen molar-refractivity contribution in [2.24, 2.45) is 5.92 Å². The Kier molecular flexibility index (Phi) is 4.07. The molecule has 0 spiro atoms. The van der Waals surface area contributed by atoms with Crippen LogP contribution < -0.4 is 9.80 Å². The summed E-state index contributed by atoms with van der Waals surface area (Å²) in [6, 6.07) is 4.24. The minimum absolute atomic E-state index is 0.178. The normalized spacial score (nSPS) is 21.8. The van der Waals surface area contributed by atoms with Crippen LogP contribution >= 0.6 is 0 Å². The van der Waals surface area contributed by atoms with Crippen molar-refractivity contribution in [3.05, 3.63) is 48.2 Å². The number of nitrogens with zero attached hydrogens (tertiary/aromatic N) is 6. The molecule has 150 valence electrons. The van der Waals surface area contributed by atoms with E-state index in [-0.39, 0.29) is 6.04 Å². The topological polar surface area (TPSA) is 58.0 Å². The zero-order valence-electron chi connectivity index (χ0n) is 15.8. The van der Waals surface area contributed by atoms with Crippen molar-refractivity contribution in [2.75, 3.05) is 29.4 Å². The van der Waals surface area contributed by atoms with E-state index in [9.17, 15) is 13.2 Å². The maximum atomic E-state index is 13.1. The summed E-state index contributed by atoms with van der Waals surface area (Å²) in [5, 5.41) is 0.946. The highest BCUT2D eigenvalue weighted by Gasteiger charge is 2.43. The SMILES string of the molecule is Cc1nc(N2CCC3CN(c4cc(C(F)(F)F)ccn4)CC32)c2ccncc2n1. The molecule has 9 heteroatoms. The van der Waals surface area contributed by atoms with E-state index >= 15 is 0 Å². The van der Waals surface area contributed by atoms with Gasteiger partial charge in [0, 0.05) is 43.3 Å². The molecule has 0 radical (unpaired) electrons. The lowest BCUT2D eigenvalue weighted by Gasteiger charge is -2.27. The summed E-state index contributed by atoms with van der Waals surface area (Å²) in [5.74, 6) is 2.29. The molecule has 2 aliphatic rings. The first-order valence-corrected chi connectivity index (χ1v) is 9.53. The van der Waals surface area contributed by atoms with Gasteiger partial charge in [0.2, 0.25) is 0 Å². The number of alkyl halides is 3. The fraction of sp³-hybridized carbons (Fsp3) is 0.400. The third-order valence-electron chi connectivity index (χ3n) is 5.81. The van der Waals surface area contributed by atoms with Gasteiger partial charge in [-0.25, -0.2) is 15.0 Å². The van der Waals surface area contributed by atoms with Gasteiger partial charge in [0.15, 0.2) is 0 Å². The first kappa shape index (κ1) is 18.1. The van der Waals surface area contributed by atoms with Crippen LogP contribution in [0.15, 0.2) is 36.8 Å². The van der Waals surface area contributed by atoms with E-state index < -0.39 is 11.7 Å². The van der Waals surface area contributed by atoms with Gasteiger partial charge in [-0.1, -0.05) is 0 Å². The Balaban J connectivity index is 1.46. The third kappa shape index (κ3) is 3.14. The van der Waals surface area contributed by atoms with Gasteiger partial charge in [-0.3, -0.25) is 4.98 Å². The van der Waals surface area contributed by atoms with Gasteiger partial charge in [0.25, 0.3) is 0 Å². The second kappa shape index (κ2) is 6.53. The molecule has 0 aliphatic carbocycles. The molecule has 2 aliphatic heterocycles. The Bertz CT molecular complexity index is 1070. The van der Waals surface area contributed by atoms with E-state index in [4.69, 9.17) is 4.98 Å². The zero-order valence-corrected chi connectivity index (χ0v) is 15.8. The first-order valence-electron chi connectivity index (χ1n) is 9.53. The van der Waals surface area contributed by atoms with E-state index in [1.807, 2.05) is 17.9 Å². The lowest BCUT2D eigenvalue weighted by molar-refractivity contribution is -0.137. The van der Waals surface area contributed by atoms with Gasteiger partial charge < -0.3 is 9.80 Å². The van der Waals surface area contributed by atoms with Crippen molar-refractivity contribution in [3.63, 3.8) is 0 Å². The third-order valence-corrected chi connectivity index (χ3v) is 5.81. The van der Waals surface area contributed by atoms with Crippen LogP contribution in [0.25, 0.3) is 10.9 Å². The minimum atomic E-state index is -4.37. The summed E-state index contributed by atoms with van der Waals surface area (Å²) in [7, 11) is 0.